The first-order valence-corrected chi connectivity index (χ1v) is 9.81. The van der Waals surface area contributed by atoms with E-state index < -0.39 is 0 Å². The summed E-state index contributed by atoms with van der Waals surface area (Å²) >= 11 is 0. The Morgan fingerprint density at radius 1 is 1.18 bits per heavy atom. The number of para-hydroxylation sites is 1. The van der Waals surface area contributed by atoms with E-state index >= 15 is 0 Å². The number of piperidine rings is 1. The molecule has 1 aliphatic heterocycles. The van der Waals surface area contributed by atoms with Crippen molar-refractivity contribution in [3.05, 3.63) is 52.1 Å². The minimum atomic E-state index is -0.0474. The minimum absolute atomic E-state index is 0.00394. The minimum Gasteiger partial charge on any atom is -0.355 e. The number of nitrogens with one attached hydrogen (secondary N) is 2. The number of nitrogens with zero attached hydrogens (tertiary/aromatic N) is 2. The van der Waals surface area contributed by atoms with Gasteiger partial charge in [-0.25, -0.2) is 4.98 Å². The number of carbonyl (C=O) groups excluding carboxylic acids is 2. The van der Waals surface area contributed by atoms with Crippen LogP contribution in [-0.4, -0.2) is 44.6 Å². The van der Waals surface area contributed by atoms with Crippen LogP contribution in [0.2, 0.25) is 0 Å². The molecule has 1 amide bonds. The van der Waals surface area contributed by atoms with Gasteiger partial charge in [0.15, 0.2) is 5.78 Å². The lowest BCUT2D eigenvalue weighted by atomic mass is 9.96. The number of likely N-dealkylation sites (tertiary alicyclic amines) is 1. The second-order valence-corrected chi connectivity index (χ2v) is 7.86. The van der Waals surface area contributed by atoms with Crippen molar-refractivity contribution in [3.8, 4) is 0 Å². The molecule has 6 heteroatoms. The summed E-state index contributed by atoms with van der Waals surface area (Å²) in [4.78, 5) is 38.3. The molecule has 2 N–H and O–H groups in total. The highest BCUT2D eigenvalue weighted by Gasteiger charge is 2.30. The van der Waals surface area contributed by atoms with Crippen molar-refractivity contribution in [2.45, 2.75) is 46.5 Å². The number of H-pyrrole nitrogens is 2. The number of aromatic nitrogens is 3. The highest BCUT2D eigenvalue weighted by molar-refractivity contribution is 6.02. The smallest absolute Gasteiger partial charge is 0.255 e. The van der Waals surface area contributed by atoms with Gasteiger partial charge >= 0.3 is 0 Å². The van der Waals surface area contributed by atoms with Gasteiger partial charge in [-0.2, -0.15) is 0 Å². The van der Waals surface area contributed by atoms with E-state index in [1.54, 1.807) is 0 Å². The highest BCUT2D eigenvalue weighted by atomic mass is 16.2. The molecule has 28 heavy (non-hydrogen) atoms. The second-order valence-electron chi connectivity index (χ2n) is 7.86. The maximum Gasteiger partial charge on any atom is 0.255 e. The van der Waals surface area contributed by atoms with Gasteiger partial charge in [0.1, 0.15) is 5.82 Å². The Bertz CT molecular complexity index is 1080. The van der Waals surface area contributed by atoms with Crippen molar-refractivity contribution in [2.24, 2.45) is 0 Å². The quantitative estimate of drug-likeness (QED) is 0.675. The Morgan fingerprint density at radius 2 is 1.96 bits per heavy atom. The van der Waals surface area contributed by atoms with Gasteiger partial charge in [0.05, 0.1) is 22.3 Å². The predicted octanol–water partition coefficient (Wildman–Crippen LogP) is 4.04. The van der Waals surface area contributed by atoms with Crippen molar-refractivity contribution in [1.82, 2.24) is 19.9 Å². The maximum absolute atomic E-state index is 13.2. The van der Waals surface area contributed by atoms with Gasteiger partial charge in [-0.05, 0) is 50.8 Å². The van der Waals surface area contributed by atoms with Gasteiger partial charge in [0.2, 0.25) is 0 Å². The number of amides is 1. The van der Waals surface area contributed by atoms with Crippen LogP contribution in [0.4, 0.5) is 0 Å². The number of imidazole rings is 1. The maximum atomic E-state index is 13.2. The molecule has 1 aromatic carbocycles. The van der Waals surface area contributed by atoms with Crippen LogP contribution >= 0.6 is 0 Å². The first kappa shape index (κ1) is 18.5. The number of hydrogen-bond donors (Lipinski definition) is 2. The predicted molar refractivity (Wildman–Crippen MR) is 109 cm³/mol. The highest BCUT2D eigenvalue weighted by Crippen LogP contribution is 2.29. The molecule has 2 aromatic heterocycles. The van der Waals surface area contributed by atoms with E-state index in [1.165, 1.54) is 6.92 Å². The van der Waals surface area contributed by atoms with Crippen LogP contribution in [-0.2, 0) is 0 Å². The molecule has 0 bridgehead atoms. The number of ketones is 1. The number of benzene rings is 1. The zero-order valence-corrected chi connectivity index (χ0v) is 16.8. The van der Waals surface area contributed by atoms with Crippen LogP contribution in [0.1, 0.15) is 69.2 Å². The normalized spacial score (nSPS) is 17.3. The van der Waals surface area contributed by atoms with Crippen LogP contribution < -0.4 is 0 Å². The molecule has 3 aromatic rings. The second kappa shape index (κ2) is 6.93. The van der Waals surface area contributed by atoms with Crippen LogP contribution in [0.3, 0.4) is 0 Å². The number of hydrogen-bond acceptors (Lipinski definition) is 3. The molecular weight excluding hydrogens is 352 g/mol. The first-order valence-electron chi connectivity index (χ1n) is 9.81. The van der Waals surface area contributed by atoms with Gasteiger partial charge in [-0.15, -0.1) is 0 Å². The number of fused-ring (bicyclic) bond motifs is 1. The molecule has 1 saturated heterocycles. The summed E-state index contributed by atoms with van der Waals surface area (Å²) in [5, 5.41) is 0. The van der Waals surface area contributed by atoms with Crippen molar-refractivity contribution in [1.29, 1.82) is 0 Å². The fourth-order valence-electron chi connectivity index (χ4n) is 4.35. The van der Waals surface area contributed by atoms with Crippen LogP contribution in [0, 0.1) is 20.8 Å². The lowest BCUT2D eigenvalue weighted by molar-refractivity contribution is 0.0703. The summed E-state index contributed by atoms with van der Waals surface area (Å²) in [5.74, 6) is 1.09. The summed E-state index contributed by atoms with van der Waals surface area (Å²) < 4.78 is 0. The van der Waals surface area contributed by atoms with Crippen molar-refractivity contribution in [2.75, 3.05) is 13.1 Å². The van der Waals surface area contributed by atoms with Gasteiger partial charge in [0.25, 0.3) is 5.91 Å². The average molecular weight is 378 g/mol. The van der Waals surface area contributed by atoms with E-state index in [2.05, 4.69) is 23.0 Å². The molecule has 1 aliphatic rings. The number of rotatable bonds is 3. The topological polar surface area (TPSA) is 81.8 Å². The van der Waals surface area contributed by atoms with Crippen molar-refractivity contribution >= 4 is 22.7 Å². The Morgan fingerprint density at radius 3 is 2.64 bits per heavy atom. The van der Waals surface area contributed by atoms with E-state index in [0.717, 1.165) is 53.1 Å². The molecule has 4 rings (SSSR count). The monoisotopic (exact) mass is 378 g/mol. The molecular formula is C22H26N4O2. The van der Waals surface area contributed by atoms with Crippen LogP contribution in [0.5, 0.6) is 0 Å². The van der Waals surface area contributed by atoms with Crippen molar-refractivity contribution in [3.63, 3.8) is 0 Å². The van der Waals surface area contributed by atoms with E-state index in [1.807, 2.05) is 30.9 Å². The Balaban J connectivity index is 1.61. The summed E-state index contributed by atoms with van der Waals surface area (Å²) in [7, 11) is 0. The molecule has 3 heterocycles. The van der Waals surface area contributed by atoms with Gasteiger partial charge in [0, 0.05) is 31.6 Å². The Hall–Kier alpha value is -2.89. The molecule has 0 unspecified atom stereocenters. The third-order valence-electron chi connectivity index (χ3n) is 5.83. The molecule has 0 aliphatic carbocycles. The van der Waals surface area contributed by atoms with Crippen LogP contribution in [0.15, 0.2) is 18.2 Å². The average Bonchev–Trinajstić information content (AvgIpc) is 3.23. The fraction of sp³-hybridized carbons (Fsp3) is 0.409. The Kier molecular flexibility index (Phi) is 4.57. The van der Waals surface area contributed by atoms with E-state index in [0.29, 0.717) is 17.8 Å². The molecule has 0 spiro atoms. The van der Waals surface area contributed by atoms with Crippen molar-refractivity contribution < 1.29 is 9.59 Å². The lowest BCUT2D eigenvalue weighted by Crippen LogP contribution is -2.39. The zero-order valence-electron chi connectivity index (χ0n) is 16.8. The number of Topliss-reactive ketones (excluding diaryl/α,β-unsaturated/α-hetero) is 1. The largest absolute Gasteiger partial charge is 0.355 e. The summed E-state index contributed by atoms with van der Waals surface area (Å²) in [6.07, 6.45) is 1.95. The third-order valence-corrected chi connectivity index (χ3v) is 5.83. The summed E-state index contributed by atoms with van der Waals surface area (Å²) in [6.45, 7) is 8.65. The number of aromatic amines is 2. The molecule has 6 nitrogen and oxygen atoms in total. The van der Waals surface area contributed by atoms with Crippen LogP contribution in [0.25, 0.3) is 11.0 Å². The fourth-order valence-corrected chi connectivity index (χ4v) is 4.35. The van der Waals surface area contributed by atoms with Gasteiger partial charge in [-0.3, -0.25) is 9.59 Å². The summed E-state index contributed by atoms with van der Waals surface area (Å²) in [5.41, 5.74) is 5.87. The SMILES string of the molecule is CC(=O)c1[nH]c(C)c(C(=O)N2CCC[C@H](c3nc4c(C)cccc4[nH]3)C2)c1C. The number of carbonyl (C=O) groups is 2. The lowest BCUT2D eigenvalue weighted by Gasteiger charge is -2.32. The third kappa shape index (κ3) is 3.03. The van der Waals surface area contributed by atoms with Gasteiger partial charge in [-0.1, -0.05) is 12.1 Å². The molecule has 1 fully saturated rings. The van der Waals surface area contributed by atoms with E-state index in [4.69, 9.17) is 4.98 Å². The molecule has 0 radical (unpaired) electrons. The molecule has 146 valence electrons. The van der Waals surface area contributed by atoms with E-state index in [-0.39, 0.29) is 17.6 Å². The first-order chi connectivity index (χ1) is 13.4. The standard InChI is InChI=1S/C22H26N4O2/c1-12-7-5-9-17-19(12)25-21(24-17)16-8-6-10-26(11-16)22(28)18-13(2)20(15(4)27)23-14(18)3/h5,7,9,16,23H,6,8,10-11H2,1-4H3,(H,24,25)/t16-/m0/s1. The molecule has 0 saturated carbocycles. The number of aryl methyl sites for hydroxylation is 2. The zero-order chi connectivity index (χ0) is 20.0. The summed E-state index contributed by atoms with van der Waals surface area (Å²) in [6, 6.07) is 6.13. The Labute approximate surface area is 164 Å². The van der Waals surface area contributed by atoms with E-state index in [9.17, 15) is 9.59 Å². The van der Waals surface area contributed by atoms with Gasteiger partial charge < -0.3 is 14.9 Å². The molecule has 1 atom stereocenters.